The summed E-state index contributed by atoms with van der Waals surface area (Å²) >= 11 is 0. The van der Waals surface area contributed by atoms with E-state index in [1.165, 1.54) is 7.11 Å². The minimum Gasteiger partial charge on any atom is -0.481 e. The van der Waals surface area contributed by atoms with E-state index in [1.54, 1.807) is 11.7 Å². The van der Waals surface area contributed by atoms with Gasteiger partial charge in [0.1, 0.15) is 0 Å². The molecule has 0 radical (unpaired) electrons. The molecule has 5 heteroatoms. The minimum absolute atomic E-state index is 0.0415. The lowest BCUT2D eigenvalue weighted by molar-refractivity contribution is -0.136. The summed E-state index contributed by atoms with van der Waals surface area (Å²) in [5.41, 5.74) is 1.46. The molecule has 1 aromatic heterocycles. The maximum Gasteiger partial charge on any atom is 0.308 e. The smallest absolute Gasteiger partial charge is 0.308 e. The van der Waals surface area contributed by atoms with Crippen molar-refractivity contribution in [1.82, 2.24) is 9.78 Å². The highest BCUT2D eigenvalue weighted by Crippen LogP contribution is 2.22. The molecule has 0 aliphatic carbocycles. The highest BCUT2D eigenvalue weighted by atomic mass is 16.5. The number of carboxylic acids is 1. The molecule has 0 saturated carbocycles. The van der Waals surface area contributed by atoms with Gasteiger partial charge in [0, 0.05) is 12.6 Å². The fourth-order valence-corrected chi connectivity index (χ4v) is 1.47. The molecule has 1 N–H and O–H groups in total. The molecule has 0 aliphatic heterocycles. The largest absolute Gasteiger partial charge is 0.481 e. The predicted molar refractivity (Wildman–Crippen MR) is 50.5 cm³/mol. The molecule has 0 atom stereocenters. The number of aromatic nitrogens is 2. The van der Waals surface area contributed by atoms with Gasteiger partial charge in [0.15, 0.2) is 0 Å². The van der Waals surface area contributed by atoms with Crippen molar-refractivity contribution >= 4 is 5.97 Å². The van der Waals surface area contributed by atoms with Crippen LogP contribution >= 0.6 is 0 Å². The van der Waals surface area contributed by atoms with E-state index in [0.29, 0.717) is 17.9 Å². The average molecular weight is 198 g/mol. The van der Waals surface area contributed by atoms with E-state index in [4.69, 9.17) is 9.84 Å². The van der Waals surface area contributed by atoms with Crippen molar-refractivity contribution in [1.29, 1.82) is 0 Å². The monoisotopic (exact) mass is 198 g/mol. The van der Waals surface area contributed by atoms with Gasteiger partial charge in [0.2, 0.25) is 5.88 Å². The van der Waals surface area contributed by atoms with Crippen LogP contribution in [0.1, 0.15) is 18.2 Å². The van der Waals surface area contributed by atoms with Gasteiger partial charge in [-0.2, -0.15) is 5.10 Å². The lowest BCUT2D eigenvalue weighted by atomic mass is 10.1. The molecule has 5 nitrogen and oxygen atoms in total. The molecular weight excluding hydrogens is 184 g/mol. The van der Waals surface area contributed by atoms with E-state index in [1.807, 2.05) is 6.92 Å². The molecule has 0 spiro atoms. The van der Waals surface area contributed by atoms with Gasteiger partial charge in [-0.1, -0.05) is 6.92 Å². The third kappa shape index (κ3) is 1.86. The van der Waals surface area contributed by atoms with Gasteiger partial charge in [-0.15, -0.1) is 0 Å². The van der Waals surface area contributed by atoms with Crippen LogP contribution in [0.4, 0.5) is 0 Å². The first kappa shape index (κ1) is 10.6. The zero-order valence-electron chi connectivity index (χ0n) is 8.57. The van der Waals surface area contributed by atoms with Crippen LogP contribution < -0.4 is 4.74 Å². The molecule has 0 unspecified atom stereocenters. The Hall–Kier alpha value is -1.52. The highest BCUT2D eigenvalue weighted by Gasteiger charge is 2.17. The average Bonchev–Trinajstić information content (AvgIpc) is 2.41. The molecule has 1 heterocycles. The summed E-state index contributed by atoms with van der Waals surface area (Å²) in [6, 6.07) is 0. The van der Waals surface area contributed by atoms with Crippen LogP contribution in [-0.2, 0) is 24.7 Å². The van der Waals surface area contributed by atoms with Gasteiger partial charge in [0.05, 0.1) is 19.2 Å². The first-order chi connectivity index (χ1) is 6.60. The van der Waals surface area contributed by atoms with Crippen molar-refractivity contribution in [3.63, 3.8) is 0 Å². The summed E-state index contributed by atoms with van der Waals surface area (Å²) in [5.74, 6) is -0.338. The van der Waals surface area contributed by atoms with Crippen LogP contribution in [0.15, 0.2) is 0 Å². The summed E-state index contributed by atoms with van der Waals surface area (Å²) < 4.78 is 6.66. The quantitative estimate of drug-likeness (QED) is 0.770. The van der Waals surface area contributed by atoms with Crippen molar-refractivity contribution in [2.24, 2.45) is 7.05 Å². The van der Waals surface area contributed by atoms with Crippen LogP contribution in [-0.4, -0.2) is 28.0 Å². The van der Waals surface area contributed by atoms with Crippen molar-refractivity contribution in [2.75, 3.05) is 7.11 Å². The normalized spacial score (nSPS) is 10.2. The second-order valence-electron chi connectivity index (χ2n) is 2.98. The van der Waals surface area contributed by atoms with Gasteiger partial charge in [-0.3, -0.25) is 4.79 Å². The number of aliphatic carboxylic acids is 1. The number of rotatable bonds is 4. The Morgan fingerprint density at radius 3 is 2.71 bits per heavy atom. The number of ether oxygens (including phenoxy) is 1. The SMILES string of the molecule is CCc1nn(C)c(OC)c1CC(=O)O. The molecule has 78 valence electrons. The third-order valence-corrected chi connectivity index (χ3v) is 2.03. The Balaban J connectivity index is 3.13. The van der Waals surface area contributed by atoms with Crippen LogP contribution in [0.3, 0.4) is 0 Å². The standard InChI is InChI=1S/C9H14N2O3/c1-4-7-6(5-8(12)13)9(14-3)11(2)10-7/h4-5H2,1-3H3,(H,12,13). The molecule has 1 rings (SSSR count). The summed E-state index contributed by atoms with van der Waals surface area (Å²) in [6.07, 6.45) is 0.667. The number of hydrogen-bond acceptors (Lipinski definition) is 3. The first-order valence-corrected chi connectivity index (χ1v) is 4.40. The van der Waals surface area contributed by atoms with Crippen LogP contribution in [0, 0.1) is 0 Å². The van der Waals surface area contributed by atoms with Gasteiger partial charge < -0.3 is 9.84 Å². The van der Waals surface area contributed by atoms with Gasteiger partial charge in [-0.25, -0.2) is 4.68 Å². The molecule has 1 aromatic rings. The van der Waals surface area contributed by atoms with Gasteiger partial charge >= 0.3 is 5.97 Å². The van der Waals surface area contributed by atoms with E-state index >= 15 is 0 Å². The summed E-state index contributed by atoms with van der Waals surface area (Å²) in [5, 5.41) is 12.9. The fraction of sp³-hybridized carbons (Fsp3) is 0.556. The van der Waals surface area contributed by atoms with E-state index in [0.717, 1.165) is 5.69 Å². The predicted octanol–water partition coefficient (Wildman–Crippen LogP) is 0.618. The van der Waals surface area contributed by atoms with Crippen molar-refractivity contribution in [3.05, 3.63) is 11.3 Å². The number of hydrogen-bond donors (Lipinski definition) is 1. The Morgan fingerprint density at radius 1 is 1.64 bits per heavy atom. The number of nitrogens with zero attached hydrogens (tertiary/aromatic N) is 2. The lowest BCUT2D eigenvalue weighted by Crippen LogP contribution is -2.03. The number of aryl methyl sites for hydroxylation is 2. The Kier molecular flexibility index (Phi) is 3.11. The van der Waals surface area contributed by atoms with E-state index in [-0.39, 0.29) is 6.42 Å². The first-order valence-electron chi connectivity index (χ1n) is 4.40. The molecule has 0 aliphatic rings. The Bertz CT molecular complexity index is 344. The summed E-state index contributed by atoms with van der Waals surface area (Å²) in [6.45, 7) is 1.94. The lowest BCUT2D eigenvalue weighted by Gasteiger charge is -2.02. The number of methoxy groups -OCH3 is 1. The van der Waals surface area contributed by atoms with Crippen LogP contribution in [0.5, 0.6) is 5.88 Å². The number of carboxylic acid groups (broad SMARTS) is 1. The van der Waals surface area contributed by atoms with Crippen LogP contribution in [0.25, 0.3) is 0 Å². The molecule has 14 heavy (non-hydrogen) atoms. The molecule has 0 amide bonds. The fourth-order valence-electron chi connectivity index (χ4n) is 1.47. The van der Waals surface area contributed by atoms with Crippen molar-refractivity contribution < 1.29 is 14.6 Å². The topological polar surface area (TPSA) is 64.4 Å². The number of carbonyl (C=O) groups is 1. The summed E-state index contributed by atoms with van der Waals surface area (Å²) in [7, 11) is 3.26. The molecule has 0 bridgehead atoms. The van der Waals surface area contributed by atoms with Gasteiger partial charge in [0.25, 0.3) is 0 Å². The van der Waals surface area contributed by atoms with E-state index in [2.05, 4.69) is 5.10 Å². The molecule has 0 fully saturated rings. The molecule has 0 saturated heterocycles. The second kappa shape index (κ2) is 4.13. The maximum atomic E-state index is 10.6. The molecule has 0 aromatic carbocycles. The maximum absolute atomic E-state index is 10.6. The highest BCUT2D eigenvalue weighted by molar-refractivity contribution is 5.71. The zero-order valence-corrected chi connectivity index (χ0v) is 8.57. The Labute approximate surface area is 82.3 Å². The van der Waals surface area contributed by atoms with Crippen LogP contribution in [0.2, 0.25) is 0 Å². The van der Waals surface area contributed by atoms with Crippen molar-refractivity contribution in [2.45, 2.75) is 19.8 Å². The Morgan fingerprint density at radius 2 is 2.29 bits per heavy atom. The zero-order chi connectivity index (χ0) is 10.7. The molecular formula is C9H14N2O3. The minimum atomic E-state index is -0.869. The van der Waals surface area contributed by atoms with E-state index < -0.39 is 5.97 Å². The third-order valence-electron chi connectivity index (χ3n) is 2.03. The summed E-state index contributed by atoms with van der Waals surface area (Å²) in [4.78, 5) is 10.6. The van der Waals surface area contributed by atoms with Gasteiger partial charge in [-0.05, 0) is 6.42 Å². The van der Waals surface area contributed by atoms with Crippen molar-refractivity contribution in [3.8, 4) is 5.88 Å². The van der Waals surface area contributed by atoms with E-state index in [9.17, 15) is 4.79 Å². The second-order valence-corrected chi connectivity index (χ2v) is 2.98.